The Morgan fingerprint density at radius 3 is 2.32 bits per heavy atom. The minimum atomic E-state index is -0.313. The molecular formula is C22H21N3O3. The number of methoxy groups -OCH3 is 1. The molecular weight excluding hydrogens is 354 g/mol. The lowest BCUT2D eigenvalue weighted by molar-refractivity contribution is 0.0950. The number of pyridine rings is 1. The number of carbonyl (C=O) groups is 2. The predicted octanol–water partition coefficient (Wildman–Crippen LogP) is 3.58. The van der Waals surface area contributed by atoms with Crippen LogP contribution in [0.25, 0.3) is 0 Å². The summed E-state index contributed by atoms with van der Waals surface area (Å²) in [5.74, 6) is 0.145. The van der Waals surface area contributed by atoms with Gasteiger partial charge in [-0.15, -0.1) is 0 Å². The Hall–Kier alpha value is -3.67. The minimum Gasteiger partial charge on any atom is -0.497 e. The number of aryl methyl sites for hydroxylation is 1. The summed E-state index contributed by atoms with van der Waals surface area (Å²) in [6, 6.07) is 16.4. The molecule has 6 nitrogen and oxygen atoms in total. The van der Waals surface area contributed by atoms with Crippen LogP contribution in [0.1, 0.15) is 31.8 Å². The number of amides is 2. The number of para-hydroxylation sites is 1. The van der Waals surface area contributed by atoms with Crippen LogP contribution in [0.5, 0.6) is 5.75 Å². The first-order valence-corrected chi connectivity index (χ1v) is 8.80. The zero-order chi connectivity index (χ0) is 19.9. The summed E-state index contributed by atoms with van der Waals surface area (Å²) >= 11 is 0. The number of anilines is 1. The van der Waals surface area contributed by atoms with Crippen LogP contribution < -0.4 is 15.4 Å². The second kappa shape index (κ2) is 8.81. The molecule has 0 atom stereocenters. The highest BCUT2D eigenvalue weighted by Gasteiger charge is 2.12. The van der Waals surface area contributed by atoms with Gasteiger partial charge in [0.15, 0.2) is 0 Å². The maximum atomic E-state index is 12.5. The lowest BCUT2D eigenvalue weighted by Crippen LogP contribution is -2.23. The van der Waals surface area contributed by atoms with Crippen molar-refractivity contribution < 1.29 is 14.3 Å². The third kappa shape index (κ3) is 4.73. The van der Waals surface area contributed by atoms with Crippen LogP contribution in [0.4, 0.5) is 5.69 Å². The van der Waals surface area contributed by atoms with E-state index in [-0.39, 0.29) is 11.8 Å². The number of hydrogen-bond acceptors (Lipinski definition) is 4. The van der Waals surface area contributed by atoms with Gasteiger partial charge in [-0.25, -0.2) is 0 Å². The van der Waals surface area contributed by atoms with E-state index in [0.29, 0.717) is 17.7 Å². The maximum absolute atomic E-state index is 12.5. The van der Waals surface area contributed by atoms with Crippen LogP contribution in [0.3, 0.4) is 0 Å². The molecule has 0 bridgehead atoms. The number of ether oxygens (including phenoxy) is 1. The van der Waals surface area contributed by atoms with Crippen molar-refractivity contribution in [2.24, 2.45) is 0 Å². The molecule has 3 aromatic rings. The Kier molecular flexibility index (Phi) is 6.01. The molecule has 0 aliphatic heterocycles. The summed E-state index contributed by atoms with van der Waals surface area (Å²) in [5, 5.41) is 5.67. The standard InChI is InChI=1S/C22H21N3O3/c1-15-5-3-4-6-20(15)25-22(27)18-11-17(13-23-14-18)21(26)24-12-16-7-9-19(28-2)10-8-16/h3-11,13-14H,12H2,1-2H3,(H,24,26)(H,25,27). The van der Waals surface area contributed by atoms with Gasteiger partial charge in [0.25, 0.3) is 11.8 Å². The molecule has 1 aromatic heterocycles. The molecule has 142 valence electrons. The van der Waals surface area contributed by atoms with E-state index in [1.54, 1.807) is 7.11 Å². The number of benzene rings is 2. The average molecular weight is 375 g/mol. The fourth-order valence-electron chi connectivity index (χ4n) is 2.62. The molecule has 2 aromatic carbocycles. The first-order chi connectivity index (χ1) is 13.6. The Morgan fingerprint density at radius 1 is 0.964 bits per heavy atom. The van der Waals surface area contributed by atoms with Crippen molar-refractivity contribution in [2.45, 2.75) is 13.5 Å². The summed E-state index contributed by atoms with van der Waals surface area (Å²) in [6.07, 6.45) is 2.88. The topological polar surface area (TPSA) is 80.3 Å². The van der Waals surface area contributed by atoms with E-state index < -0.39 is 0 Å². The van der Waals surface area contributed by atoms with Gasteiger partial charge >= 0.3 is 0 Å². The van der Waals surface area contributed by atoms with Crippen LogP contribution in [0.2, 0.25) is 0 Å². The molecule has 0 spiro atoms. The number of carbonyl (C=O) groups excluding carboxylic acids is 2. The third-order valence-electron chi connectivity index (χ3n) is 4.27. The molecule has 0 saturated heterocycles. The quantitative estimate of drug-likeness (QED) is 0.690. The van der Waals surface area contributed by atoms with Crippen molar-refractivity contribution in [1.29, 1.82) is 0 Å². The van der Waals surface area contributed by atoms with Gasteiger partial charge in [0.1, 0.15) is 5.75 Å². The second-order valence-corrected chi connectivity index (χ2v) is 6.26. The fourth-order valence-corrected chi connectivity index (χ4v) is 2.62. The molecule has 0 aliphatic rings. The Labute approximate surface area is 163 Å². The highest BCUT2D eigenvalue weighted by molar-refractivity contribution is 6.06. The van der Waals surface area contributed by atoms with Crippen LogP contribution >= 0.6 is 0 Å². The SMILES string of the molecule is COc1ccc(CNC(=O)c2cncc(C(=O)Nc3ccccc3C)c2)cc1. The van der Waals surface area contributed by atoms with Crippen molar-refractivity contribution in [2.75, 3.05) is 12.4 Å². The first kappa shape index (κ1) is 19.1. The molecule has 2 amide bonds. The number of nitrogens with one attached hydrogen (secondary N) is 2. The zero-order valence-corrected chi connectivity index (χ0v) is 15.7. The molecule has 0 unspecified atom stereocenters. The highest BCUT2D eigenvalue weighted by atomic mass is 16.5. The van der Waals surface area contributed by atoms with Crippen molar-refractivity contribution in [1.82, 2.24) is 10.3 Å². The molecule has 0 saturated carbocycles. The summed E-state index contributed by atoms with van der Waals surface area (Å²) in [5.41, 5.74) is 3.26. The Morgan fingerprint density at radius 2 is 1.64 bits per heavy atom. The van der Waals surface area contributed by atoms with Gasteiger partial charge < -0.3 is 15.4 Å². The van der Waals surface area contributed by atoms with Gasteiger partial charge in [-0.1, -0.05) is 30.3 Å². The maximum Gasteiger partial charge on any atom is 0.257 e. The van der Waals surface area contributed by atoms with Crippen molar-refractivity contribution >= 4 is 17.5 Å². The van der Waals surface area contributed by atoms with Crippen LogP contribution in [0, 0.1) is 6.92 Å². The molecule has 1 heterocycles. The van der Waals surface area contributed by atoms with Crippen LogP contribution in [-0.4, -0.2) is 23.9 Å². The molecule has 0 fully saturated rings. The lowest BCUT2D eigenvalue weighted by atomic mass is 10.1. The summed E-state index contributed by atoms with van der Waals surface area (Å²) < 4.78 is 5.12. The van der Waals surface area contributed by atoms with Gasteiger partial charge in [-0.3, -0.25) is 14.6 Å². The van der Waals surface area contributed by atoms with Gasteiger partial charge in [0, 0.05) is 24.6 Å². The number of rotatable bonds is 6. The van der Waals surface area contributed by atoms with E-state index in [2.05, 4.69) is 15.6 Å². The summed E-state index contributed by atoms with van der Waals surface area (Å²) in [6.45, 7) is 2.28. The van der Waals surface area contributed by atoms with E-state index in [9.17, 15) is 9.59 Å². The predicted molar refractivity (Wildman–Crippen MR) is 108 cm³/mol. The van der Waals surface area contributed by atoms with E-state index in [1.165, 1.54) is 18.5 Å². The zero-order valence-electron chi connectivity index (χ0n) is 15.7. The third-order valence-corrected chi connectivity index (χ3v) is 4.27. The Balaban J connectivity index is 1.65. The van der Waals surface area contributed by atoms with Gasteiger partial charge in [-0.05, 0) is 42.3 Å². The fraction of sp³-hybridized carbons (Fsp3) is 0.136. The van der Waals surface area contributed by atoms with E-state index >= 15 is 0 Å². The van der Waals surface area contributed by atoms with Gasteiger partial charge in [0.2, 0.25) is 0 Å². The summed E-state index contributed by atoms with van der Waals surface area (Å²) in [4.78, 5) is 28.9. The van der Waals surface area contributed by atoms with E-state index in [0.717, 1.165) is 22.6 Å². The highest BCUT2D eigenvalue weighted by Crippen LogP contribution is 2.15. The number of hydrogen-bond donors (Lipinski definition) is 2. The van der Waals surface area contributed by atoms with Gasteiger partial charge in [-0.2, -0.15) is 0 Å². The second-order valence-electron chi connectivity index (χ2n) is 6.26. The molecule has 6 heteroatoms. The monoisotopic (exact) mass is 375 g/mol. The van der Waals surface area contributed by atoms with Crippen molar-refractivity contribution in [3.8, 4) is 5.75 Å². The molecule has 2 N–H and O–H groups in total. The molecule has 28 heavy (non-hydrogen) atoms. The molecule has 0 aliphatic carbocycles. The largest absolute Gasteiger partial charge is 0.497 e. The minimum absolute atomic E-state index is 0.297. The normalized spacial score (nSPS) is 10.2. The average Bonchev–Trinajstić information content (AvgIpc) is 2.74. The smallest absolute Gasteiger partial charge is 0.257 e. The lowest BCUT2D eigenvalue weighted by Gasteiger charge is -2.09. The molecule has 3 rings (SSSR count). The van der Waals surface area contributed by atoms with Crippen LogP contribution in [0.15, 0.2) is 67.0 Å². The van der Waals surface area contributed by atoms with E-state index in [1.807, 2.05) is 55.5 Å². The Bertz CT molecular complexity index is 984. The first-order valence-electron chi connectivity index (χ1n) is 8.80. The number of nitrogens with zero attached hydrogens (tertiary/aromatic N) is 1. The van der Waals surface area contributed by atoms with Crippen molar-refractivity contribution in [3.63, 3.8) is 0 Å². The van der Waals surface area contributed by atoms with E-state index in [4.69, 9.17) is 4.74 Å². The molecule has 0 radical (unpaired) electrons. The summed E-state index contributed by atoms with van der Waals surface area (Å²) in [7, 11) is 1.60. The van der Waals surface area contributed by atoms with Gasteiger partial charge in [0.05, 0.1) is 18.2 Å². The number of aromatic nitrogens is 1. The van der Waals surface area contributed by atoms with Crippen molar-refractivity contribution in [3.05, 3.63) is 89.2 Å². The van der Waals surface area contributed by atoms with Crippen LogP contribution in [-0.2, 0) is 6.54 Å².